The summed E-state index contributed by atoms with van der Waals surface area (Å²) in [6.07, 6.45) is 0. The van der Waals surface area contributed by atoms with Gasteiger partial charge >= 0.3 is 0 Å². The van der Waals surface area contributed by atoms with Gasteiger partial charge in [-0.1, -0.05) is 115 Å². The number of benzene rings is 5. The fourth-order valence-corrected chi connectivity index (χ4v) is 4.26. The Kier molecular flexibility index (Phi) is 4.46. The zero-order valence-corrected chi connectivity index (χ0v) is 16.5. The summed E-state index contributed by atoms with van der Waals surface area (Å²) in [5.41, 5.74) is 8.98. The molecular formula is C29H22. The summed E-state index contributed by atoms with van der Waals surface area (Å²) in [5, 5.41) is 2.59. The summed E-state index contributed by atoms with van der Waals surface area (Å²) in [7, 11) is 0. The highest BCUT2D eigenvalue weighted by Gasteiger charge is 2.13. The Hall–Kier alpha value is -3.64. The van der Waals surface area contributed by atoms with Gasteiger partial charge in [0.05, 0.1) is 0 Å². The fourth-order valence-electron chi connectivity index (χ4n) is 4.26. The average Bonchev–Trinajstić information content (AvgIpc) is 2.80. The zero-order valence-electron chi connectivity index (χ0n) is 16.5. The first-order valence-electron chi connectivity index (χ1n) is 10.1. The molecule has 0 radical (unpaired) electrons. The minimum atomic E-state index is 1.25. The summed E-state index contributed by atoms with van der Waals surface area (Å²) in [4.78, 5) is 0. The van der Waals surface area contributed by atoms with Gasteiger partial charge in [-0.2, -0.15) is 0 Å². The van der Waals surface area contributed by atoms with Gasteiger partial charge in [-0.15, -0.1) is 0 Å². The molecule has 0 unspecified atom stereocenters. The van der Waals surface area contributed by atoms with Crippen LogP contribution < -0.4 is 0 Å². The Bertz CT molecular complexity index is 1280. The lowest BCUT2D eigenvalue weighted by atomic mass is 9.88. The minimum absolute atomic E-state index is 1.25. The fraction of sp³-hybridized carbons (Fsp3) is 0.0345. The predicted molar refractivity (Wildman–Crippen MR) is 125 cm³/mol. The molecule has 0 aliphatic rings. The van der Waals surface area contributed by atoms with Crippen LogP contribution in [0.4, 0.5) is 0 Å². The average molecular weight is 370 g/mol. The molecule has 0 nitrogen and oxygen atoms in total. The lowest BCUT2D eigenvalue weighted by molar-refractivity contribution is 1.45. The van der Waals surface area contributed by atoms with Gasteiger partial charge in [0.2, 0.25) is 0 Å². The summed E-state index contributed by atoms with van der Waals surface area (Å²) >= 11 is 0. The number of hydrogen-bond donors (Lipinski definition) is 0. The summed E-state index contributed by atoms with van der Waals surface area (Å²) in [6.45, 7) is 2.23. The van der Waals surface area contributed by atoms with E-state index in [-0.39, 0.29) is 0 Å². The minimum Gasteiger partial charge on any atom is -0.0622 e. The Balaban J connectivity index is 1.74. The first-order chi connectivity index (χ1) is 14.3. The van der Waals surface area contributed by atoms with Crippen LogP contribution in [-0.2, 0) is 0 Å². The molecule has 0 N–H and O–H groups in total. The van der Waals surface area contributed by atoms with E-state index in [2.05, 4.69) is 122 Å². The molecule has 0 spiro atoms. The van der Waals surface area contributed by atoms with E-state index in [0.29, 0.717) is 0 Å². The van der Waals surface area contributed by atoms with E-state index in [1.54, 1.807) is 0 Å². The molecule has 0 atom stereocenters. The molecule has 0 heteroatoms. The van der Waals surface area contributed by atoms with Gasteiger partial charge in [-0.25, -0.2) is 0 Å². The van der Waals surface area contributed by atoms with Crippen LogP contribution in [0.1, 0.15) is 5.56 Å². The van der Waals surface area contributed by atoms with Gasteiger partial charge in [0.15, 0.2) is 0 Å². The van der Waals surface area contributed by atoms with E-state index >= 15 is 0 Å². The van der Waals surface area contributed by atoms with E-state index in [1.165, 1.54) is 49.7 Å². The second kappa shape index (κ2) is 7.41. The van der Waals surface area contributed by atoms with Crippen LogP contribution in [0.5, 0.6) is 0 Å². The van der Waals surface area contributed by atoms with Crippen LogP contribution >= 0.6 is 0 Å². The van der Waals surface area contributed by atoms with Gasteiger partial charge in [0.25, 0.3) is 0 Å². The van der Waals surface area contributed by atoms with E-state index in [9.17, 15) is 0 Å². The molecule has 0 aromatic heterocycles. The lowest BCUT2D eigenvalue weighted by Crippen LogP contribution is -1.91. The largest absolute Gasteiger partial charge is 0.0622 e. The third-order valence-corrected chi connectivity index (χ3v) is 5.72. The molecule has 0 aliphatic carbocycles. The van der Waals surface area contributed by atoms with Crippen LogP contribution in [0.3, 0.4) is 0 Å². The van der Waals surface area contributed by atoms with Crippen molar-refractivity contribution in [3.8, 4) is 33.4 Å². The van der Waals surface area contributed by atoms with Crippen molar-refractivity contribution in [2.45, 2.75) is 6.92 Å². The van der Waals surface area contributed by atoms with E-state index in [1.807, 2.05) is 0 Å². The van der Waals surface area contributed by atoms with Crippen molar-refractivity contribution >= 4 is 10.8 Å². The van der Waals surface area contributed by atoms with Gasteiger partial charge in [-0.05, 0) is 56.6 Å². The normalized spacial score (nSPS) is 10.9. The van der Waals surface area contributed by atoms with Gasteiger partial charge < -0.3 is 0 Å². The maximum atomic E-state index is 2.28. The Labute approximate surface area is 172 Å². The van der Waals surface area contributed by atoms with Crippen molar-refractivity contribution < 1.29 is 0 Å². The van der Waals surface area contributed by atoms with Crippen molar-refractivity contribution in [2.75, 3.05) is 0 Å². The van der Waals surface area contributed by atoms with Crippen LogP contribution in [0.2, 0.25) is 0 Å². The molecule has 0 amide bonds. The number of hydrogen-bond acceptors (Lipinski definition) is 0. The molecule has 138 valence electrons. The molecule has 0 aliphatic heterocycles. The SMILES string of the molecule is Cc1c(-c2ccccc2)cccc1-c1ccc(-c2ccccc2)c2ccccc12. The molecule has 5 rings (SSSR count). The smallest absolute Gasteiger partial charge is 0.00991 e. The highest BCUT2D eigenvalue weighted by atomic mass is 14.2. The molecule has 0 heterocycles. The van der Waals surface area contributed by atoms with Gasteiger partial charge in [-0.3, -0.25) is 0 Å². The highest BCUT2D eigenvalue weighted by Crippen LogP contribution is 2.38. The molecule has 5 aromatic rings. The summed E-state index contributed by atoms with van der Waals surface area (Å²) < 4.78 is 0. The molecule has 0 saturated carbocycles. The van der Waals surface area contributed by atoms with E-state index < -0.39 is 0 Å². The summed E-state index contributed by atoms with van der Waals surface area (Å²) in [5.74, 6) is 0. The van der Waals surface area contributed by atoms with Crippen molar-refractivity contribution in [2.24, 2.45) is 0 Å². The second-order valence-corrected chi connectivity index (χ2v) is 7.42. The van der Waals surface area contributed by atoms with Gasteiger partial charge in [0.1, 0.15) is 0 Å². The first kappa shape index (κ1) is 17.5. The molecular weight excluding hydrogens is 348 g/mol. The first-order valence-corrected chi connectivity index (χ1v) is 10.1. The molecule has 5 aromatic carbocycles. The Morgan fingerprint density at radius 1 is 0.345 bits per heavy atom. The predicted octanol–water partition coefficient (Wildman–Crippen LogP) is 8.15. The monoisotopic (exact) mass is 370 g/mol. The van der Waals surface area contributed by atoms with Crippen molar-refractivity contribution in [1.29, 1.82) is 0 Å². The lowest BCUT2D eigenvalue weighted by Gasteiger charge is -2.16. The molecule has 0 saturated heterocycles. The van der Waals surface area contributed by atoms with Crippen molar-refractivity contribution in [3.05, 3.63) is 121 Å². The number of fused-ring (bicyclic) bond motifs is 1. The third-order valence-electron chi connectivity index (χ3n) is 5.72. The Morgan fingerprint density at radius 3 is 1.48 bits per heavy atom. The van der Waals surface area contributed by atoms with Crippen molar-refractivity contribution in [3.63, 3.8) is 0 Å². The quantitative estimate of drug-likeness (QED) is 0.300. The second-order valence-electron chi connectivity index (χ2n) is 7.42. The molecule has 0 bridgehead atoms. The molecule has 29 heavy (non-hydrogen) atoms. The van der Waals surface area contributed by atoms with Crippen LogP contribution in [0, 0.1) is 6.92 Å². The summed E-state index contributed by atoms with van der Waals surface area (Å²) in [6, 6.07) is 41.2. The van der Waals surface area contributed by atoms with Crippen molar-refractivity contribution in [1.82, 2.24) is 0 Å². The topological polar surface area (TPSA) is 0 Å². The van der Waals surface area contributed by atoms with Crippen LogP contribution in [0.15, 0.2) is 115 Å². The highest BCUT2D eigenvalue weighted by molar-refractivity contribution is 6.05. The maximum Gasteiger partial charge on any atom is -0.00991 e. The van der Waals surface area contributed by atoms with Crippen LogP contribution in [-0.4, -0.2) is 0 Å². The van der Waals surface area contributed by atoms with Crippen LogP contribution in [0.25, 0.3) is 44.2 Å². The third kappa shape index (κ3) is 3.13. The van der Waals surface area contributed by atoms with Gasteiger partial charge in [0, 0.05) is 0 Å². The zero-order chi connectivity index (χ0) is 19.6. The van der Waals surface area contributed by atoms with E-state index in [0.717, 1.165) is 0 Å². The maximum absolute atomic E-state index is 2.28. The Morgan fingerprint density at radius 2 is 0.828 bits per heavy atom. The standard InChI is InChI=1S/C29H22/c1-21-24(22-11-4-2-5-12-22)17-10-18-25(21)29-20-19-26(23-13-6-3-7-14-23)27-15-8-9-16-28(27)29/h2-20H,1H3. The number of rotatable bonds is 3. The van der Waals surface area contributed by atoms with E-state index in [4.69, 9.17) is 0 Å². The molecule has 0 fully saturated rings.